The summed E-state index contributed by atoms with van der Waals surface area (Å²) in [7, 11) is 0. The number of hydrogen-bond donors (Lipinski definition) is 1. The molecule has 1 aliphatic heterocycles. The van der Waals surface area contributed by atoms with Gasteiger partial charge in [0.25, 0.3) is 0 Å². The molecule has 1 aromatic heterocycles. The third-order valence-electron chi connectivity index (χ3n) is 4.30. The monoisotopic (exact) mass is 289 g/mol. The van der Waals surface area contributed by atoms with Crippen LogP contribution in [0.25, 0.3) is 0 Å². The van der Waals surface area contributed by atoms with Crippen molar-refractivity contribution in [1.29, 1.82) is 0 Å². The quantitative estimate of drug-likeness (QED) is 0.906. The van der Waals surface area contributed by atoms with Crippen LogP contribution >= 0.6 is 0 Å². The normalized spacial score (nSPS) is 19.9. The van der Waals surface area contributed by atoms with Gasteiger partial charge in [0.1, 0.15) is 5.82 Å². The third kappa shape index (κ3) is 4.44. The highest BCUT2D eigenvalue weighted by atomic mass is 15.2. The molecule has 2 heterocycles. The molecule has 118 valence electrons. The second kappa shape index (κ2) is 6.78. The van der Waals surface area contributed by atoms with Crippen LogP contribution in [-0.2, 0) is 6.54 Å². The van der Waals surface area contributed by atoms with E-state index in [-0.39, 0.29) is 5.54 Å². The van der Waals surface area contributed by atoms with Crippen LogP contribution in [0.15, 0.2) is 12.3 Å². The Hall–Kier alpha value is -1.09. The average molecular weight is 289 g/mol. The summed E-state index contributed by atoms with van der Waals surface area (Å²) in [6, 6.07) is 2.96. The first-order chi connectivity index (χ1) is 9.90. The molecule has 3 nitrogen and oxygen atoms in total. The van der Waals surface area contributed by atoms with Crippen molar-refractivity contribution in [3.8, 4) is 0 Å². The van der Waals surface area contributed by atoms with Gasteiger partial charge in [-0.15, -0.1) is 0 Å². The molecule has 0 aliphatic carbocycles. The molecule has 1 aromatic rings. The van der Waals surface area contributed by atoms with Crippen molar-refractivity contribution in [2.24, 2.45) is 0 Å². The van der Waals surface area contributed by atoms with Crippen LogP contribution in [0.5, 0.6) is 0 Å². The molecule has 1 unspecified atom stereocenters. The van der Waals surface area contributed by atoms with Crippen LogP contribution < -0.4 is 10.2 Å². The molecular formula is C18H31N3. The lowest BCUT2D eigenvalue weighted by Gasteiger charge is -2.37. The van der Waals surface area contributed by atoms with Crippen molar-refractivity contribution in [3.05, 3.63) is 23.4 Å². The smallest absolute Gasteiger partial charge is 0.131 e. The topological polar surface area (TPSA) is 28.2 Å². The average Bonchev–Trinajstić information content (AvgIpc) is 2.44. The van der Waals surface area contributed by atoms with Crippen molar-refractivity contribution < 1.29 is 0 Å². The van der Waals surface area contributed by atoms with E-state index in [1.165, 1.54) is 42.6 Å². The number of hydrogen-bond acceptors (Lipinski definition) is 3. The fourth-order valence-electron chi connectivity index (χ4n) is 3.09. The van der Waals surface area contributed by atoms with Gasteiger partial charge in [0, 0.05) is 30.9 Å². The minimum atomic E-state index is 0.146. The Bertz CT molecular complexity index is 462. The van der Waals surface area contributed by atoms with E-state index in [0.717, 1.165) is 13.1 Å². The number of pyridine rings is 1. The number of nitrogens with one attached hydrogen (secondary N) is 1. The first-order valence-electron chi connectivity index (χ1n) is 8.38. The van der Waals surface area contributed by atoms with Gasteiger partial charge in [0.05, 0.1) is 0 Å². The zero-order valence-electron chi connectivity index (χ0n) is 14.4. The predicted molar refractivity (Wildman–Crippen MR) is 90.8 cm³/mol. The standard InChI is InChI=1S/C18H31N3/c1-6-16-9-7-8-10-21(16)17-14(2)11-15(12-19-17)13-20-18(3,4)5/h11-12,16,20H,6-10,13H2,1-5H3. The molecule has 1 atom stereocenters. The molecule has 0 spiro atoms. The van der Waals surface area contributed by atoms with Gasteiger partial charge in [-0.1, -0.05) is 6.92 Å². The van der Waals surface area contributed by atoms with E-state index >= 15 is 0 Å². The Morgan fingerprint density at radius 2 is 2.10 bits per heavy atom. The minimum Gasteiger partial charge on any atom is -0.353 e. The van der Waals surface area contributed by atoms with Crippen LogP contribution in [0.3, 0.4) is 0 Å². The number of rotatable bonds is 4. The number of aromatic nitrogens is 1. The van der Waals surface area contributed by atoms with Crippen LogP contribution in [0, 0.1) is 6.92 Å². The SMILES string of the molecule is CCC1CCCCN1c1ncc(CNC(C)(C)C)cc1C. The second-order valence-corrected chi connectivity index (χ2v) is 7.34. The van der Waals surface area contributed by atoms with E-state index in [1.807, 2.05) is 6.20 Å². The third-order valence-corrected chi connectivity index (χ3v) is 4.30. The van der Waals surface area contributed by atoms with E-state index < -0.39 is 0 Å². The summed E-state index contributed by atoms with van der Waals surface area (Å²) in [5, 5.41) is 3.53. The summed E-state index contributed by atoms with van der Waals surface area (Å²) >= 11 is 0. The molecule has 1 N–H and O–H groups in total. The summed E-state index contributed by atoms with van der Waals surface area (Å²) < 4.78 is 0. The van der Waals surface area contributed by atoms with Gasteiger partial charge in [-0.25, -0.2) is 4.98 Å². The number of piperidine rings is 1. The first kappa shape index (κ1) is 16.3. The van der Waals surface area contributed by atoms with Crippen molar-refractivity contribution in [3.63, 3.8) is 0 Å². The van der Waals surface area contributed by atoms with E-state index in [9.17, 15) is 0 Å². The Morgan fingerprint density at radius 1 is 1.33 bits per heavy atom. The maximum absolute atomic E-state index is 4.79. The molecule has 21 heavy (non-hydrogen) atoms. The molecule has 0 saturated carbocycles. The van der Waals surface area contributed by atoms with Gasteiger partial charge >= 0.3 is 0 Å². The van der Waals surface area contributed by atoms with E-state index in [4.69, 9.17) is 4.98 Å². The molecule has 1 fully saturated rings. The first-order valence-corrected chi connectivity index (χ1v) is 8.38. The van der Waals surface area contributed by atoms with Gasteiger partial charge in [0.2, 0.25) is 0 Å². The molecular weight excluding hydrogens is 258 g/mol. The van der Waals surface area contributed by atoms with E-state index in [0.29, 0.717) is 6.04 Å². The van der Waals surface area contributed by atoms with Gasteiger partial charge in [0.15, 0.2) is 0 Å². The summed E-state index contributed by atoms with van der Waals surface area (Å²) in [5.41, 5.74) is 2.73. The summed E-state index contributed by atoms with van der Waals surface area (Å²) in [6.07, 6.45) is 7.23. The molecule has 1 saturated heterocycles. The van der Waals surface area contributed by atoms with Crippen LogP contribution in [-0.4, -0.2) is 23.1 Å². The maximum Gasteiger partial charge on any atom is 0.131 e. The fourth-order valence-corrected chi connectivity index (χ4v) is 3.09. The summed E-state index contributed by atoms with van der Waals surface area (Å²) in [4.78, 5) is 7.31. The van der Waals surface area contributed by atoms with Crippen LogP contribution in [0.2, 0.25) is 0 Å². The molecule has 3 heteroatoms. The summed E-state index contributed by atoms with van der Waals surface area (Å²) in [5.74, 6) is 1.20. The Morgan fingerprint density at radius 3 is 2.71 bits per heavy atom. The van der Waals surface area contributed by atoms with Crippen molar-refractivity contribution in [1.82, 2.24) is 10.3 Å². The Balaban J connectivity index is 2.11. The second-order valence-electron chi connectivity index (χ2n) is 7.34. The number of aryl methyl sites for hydroxylation is 1. The van der Waals surface area contributed by atoms with Gasteiger partial charge in [-0.05, 0) is 70.6 Å². The van der Waals surface area contributed by atoms with Crippen molar-refractivity contribution in [2.75, 3.05) is 11.4 Å². The van der Waals surface area contributed by atoms with Gasteiger partial charge < -0.3 is 10.2 Å². The predicted octanol–water partition coefficient (Wildman–Crippen LogP) is 4.05. The zero-order valence-corrected chi connectivity index (χ0v) is 14.4. The lowest BCUT2D eigenvalue weighted by molar-refractivity contribution is 0.423. The number of nitrogens with zero attached hydrogens (tertiary/aromatic N) is 2. The van der Waals surface area contributed by atoms with E-state index in [2.05, 4.69) is 50.9 Å². The molecule has 1 aliphatic rings. The minimum absolute atomic E-state index is 0.146. The van der Waals surface area contributed by atoms with Crippen molar-refractivity contribution in [2.45, 2.75) is 78.4 Å². The van der Waals surface area contributed by atoms with Crippen LogP contribution in [0.4, 0.5) is 5.82 Å². The molecule has 0 amide bonds. The molecule has 2 rings (SSSR count). The molecule has 0 aromatic carbocycles. The highest BCUT2D eigenvalue weighted by molar-refractivity contribution is 5.48. The largest absolute Gasteiger partial charge is 0.353 e. The lowest BCUT2D eigenvalue weighted by atomic mass is 9.99. The highest BCUT2D eigenvalue weighted by Gasteiger charge is 2.23. The van der Waals surface area contributed by atoms with Crippen molar-refractivity contribution >= 4 is 5.82 Å². The van der Waals surface area contributed by atoms with Gasteiger partial charge in [-0.3, -0.25) is 0 Å². The molecule has 0 radical (unpaired) electrons. The maximum atomic E-state index is 4.79. The lowest BCUT2D eigenvalue weighted by Crippen LogP contribution is -2.40. The number of anilines is 1. The fraction of sp³-hybridized carbons (Fsp3) is 0.722. The molecule has 0 bridgehead atoms. The Kier molecular flexibility index (Phi) is 5.26. The van der Waals surface area contributed by atoms with Gasteiger partial charge in [-0.2, -0.15) is 0 Å². The highest BCUT2D eigenvalue weighted by Crippen LogP contribution is 2.27. The van der Waals surface area contributed by atoms with E-state index in [1.54, 1.807) is 0 Å². The zero-order chi connectivity index (χ0) is 15.5. The summed E-state index contributed by atoms with van der Waals surface area (Å²) in [6.45, 7) is 13.1. The Labute approximate surface area is 130 Å². The van der Waals surface area contributed by atoms with Crippen LogP contribution in [0.1, 0.15) is 64.5 Å².